The van der Waals surface area contributed by atoms with Crippen LogP contribution < -0.4 is 9.62 Å². The average molecular weight is 389 g/mol. The van der Waals surface area contributed by atoms with Gasteiger partial charge < -0.3 is 5.32 Å². The molecule has 0 spiro atoms. The summed E-state index contributed by atoms with van der Waals surface area (Å²) in [4.78, 5) is 12.6. The summed E-state index contributed by atoms with van der Waals surface area (Å²) in [6, 6.07) is 11.3. The molecular weight excluding hydrogens is 360 g/mol. The molecule has 27 heavy (non-hydrogen) atoms. The van der Waals surface area contributed by atoms with Crippen LogP contribution in [0.5, 0.6) is 0 Å². The second-order valence-corrected chi connectivity index (χ2v) is 9.16. The number of sulfonamides is 1. The molecule has 0 unspecified atom stereocenters. The highest BCUT2D eigenvalue weighted by Crippen LogP contribution is 2.22. The minimum atomic E-state index is -3.59. The lowest BCUT2D eigenvalue weighted by Crippen LogP contribution is -2.41. The van der Waals surface area contributed by atoms with Crippen molar-refractivity contribution in [2.24, 2.45) is 0 Å². The van der Waals surface area contributed by atoms with Gasteiger partial charge in [-0.15, -0.1) is 0 Å². The second kappa shape index (κ2) is 8.13. The van der Waals surface area contributed by atoms with Gasteiger partial charge in [0.2, 0.25) is 15.9 Å². The number of carbonyl (C=O) groups is 1. The Morgan fingerprint density at radius 1 is 1.00 bits per heavy atom. The third-order valence-electron chi connectivity index (χ3n) is 4.59. The quantitative estimate of drug-likeness (QED) is 0.823. The van der Waals surface area contributed by atoms with Gasteiger partial charge in [-0.1, -0.05) is 24.3 Å². The van der Waals surface area contributed by atoms with Crippen molar-refractivity contribution in [3.8, 4) is 0 Å². The summed E-state index contributed by atoms with van der Waals surface area (Å²) in [6.07, 6.45) is 1.12. The van der Waals surface area contributed by atoms with Gasteiger partial charge in [0.05, 0.1) is 18.0 Å². The first-order valence-corrected chi connectivity index (χ1v) is 10.7. The Morgan fingerprint density at radius 3 is 2.11 bits per heavy atom. The van der Waals surface area contributed by atoms with Gasteiger partial charge in [0.1, 0.15) is 6.54 Å². The molecule has 5 nitrogen and oxygen atoms in total. The number of amides is 1. The van der Waals surface area contributed by atoms with E-state index >= 15 is 0 Å². The molecule has 0 saturated carbocycles. The van der Waals surface area contributed by atoms with Crippen molar-refractivity contribution in [1.29, 1.82) is 0 Å². The van der Waals surface area contributed by atoms with Crippen LogP contribution in [0.4, 0.5) is 5.69 Å². The fraction of sp³-hybridized carbons (Fsp3) is 0.381. The Balaban J connectivity index is 2.20. The number of rotatable bonds is 6. The zero-order valence-corrected chi connectivity index (χ0v) is 17.6. The third kappa shape index (κ3) is 5.57. The molecule has 0 bridgehead atoms. The zero-order valence-electron chi connectivity index (χ0n) is 16.8. The second-order valence-electron chi connectivity index (χ2n) is 7.25. The van der Waals surface area contributed by atoms with Gasteiger partial charge in [0.15, 0.2) is 0 Å². The molecule has 1 amide bonds. The first-order chi connectivity index (χ1) is 12.5. The average Bonchev–Trinajstić information content (AvgIpc) is 2.53. The van der Waals surface area contributed by atoms with E-state index in [0.29, 0.717) is 5.69 Å². The Morgan fingerprint density at radius 2 is 1.59 bits per heavy atom. The van der Waals surface area contributed by atoms with Crippen LogP contribution in [0, 0.1) is 27.7 Å². The first-order valence-electron chi connectivity index (χ1n) is 8.90. The number of anilines is 1. The molecule has 0 aromatic heterocycles. The Hall–Kier alpha value is -2.34. The lowest BCUT2D eigenvalue weighted by atomic mass is 10.0. The number of hydrogen-bond donors (Lipinski definition) is 1. The van der Waals surface area contributed by atoms with E-state index in [2.05, 4.69) is 5.32 Å². The Labute approximate surface area is 162 Å². The van der Waals surface area contributed by atoms with Crippen LogP contribution in [0.15, 0.2) is 36.4 Å². The summed E-state index contributed by atoms with van der Waals surface area (Å²) in [6.45, 7) is 9.51. The van der Waals surface area contributed by atoms with Crippen LogP contribution in [-0.4, -0.2) is 27.1 Å². The number of hydrogen-bond acceptors (Lipinski definition) is 3. The maximum absolute atomic E-state index is 12.6. The fourth-order valence-electron chi connectivity index (χ4n) is 3.03. The molecule has 2 aromatic rings. The molecule has 0 radical (unpaired) electrons. The van der Waals surface area contributed by atoms with Gasteiger partial charge in [-0.2, -0.15) is 0 Å². The van der Waals surface area contributed by atoms with E-state index in [1.54, 1.807) is 12.1 Å². The van der Waals surface area contributed by atoms with Gasteiger partial charge in [-0.3, -0.25) is 9.10 Å². The maximum Gasteiger partial charge on any atom is 0.241 e. The lowest BCUT2D eigenvalue weighted by Gasteiger charge is -2.24. The van der Waals surface area contributed by atoms with E-state index in [0.717, 1.165) is 32.8 Å². The van der Waals surface area contributed by atoms with Crippen LogP contribution in [0.3, 0.4) is 0 Å². The highest BCUT2D eigenvalue weighted by atomic mass is 32.2. The van der Waals surface area contributed by atoms with E-state index in [1.165, 1.54) is 5.56 Å². The molecule has 2 rings (SSSR count). The van der Waals surface area contributed by atoms with Gasteiger partial charge >= 0.3 is 0 Å². The summed E-state index contributed by atoms with van der Waals surface area (Å²) < 4.78 is 25.7. The van der Waals surface area contributed by atoms with Crippen LogP contribution in [0.1, 0.15) is 40.8 Å². The van der Waals surface area contributed by atoms with E-state index in [4.69, 9.17) is 0 Å². The predicted molar refractivity (Wildman–Crippen MR) is 111 cm³/mol. The van der Waals surface area contributed by atoms with Crippen LogP contribution in [0.25, 0.3) is 0 Å². The van der Waals surface area contributed by atoms with Gasteiger partial charge in [0, 0.05) is 0 Å². The van der Waals surface area contributed by atoms with E-state index in [1.807, 2.05) is 58.9 Å². The molecule has 1 N–H and O–H groups in total. The summed E-state index contributed by atoms with van der Waals surface area (Å²) >= 11 is 0. The molecule has 2 aromatic carbocycles. The van der Waals surface area contributed by atoms with Crippen molar-refractivity contribution in [2.75, 3.05) is 17.1 Å². The fourth-order valence-corrected chi connectivity index (χ4v) is 3.87. The standard InChI is InChI=1S/C21H28N2O3S/c1-14-9-15(2)11-20(10-14)23(27(6,25)26)13-21(24)22-18(5)19-8-7-16(3)17(4)12-19/h7-12,18H,13H2,1-6H3,(H,22,24)/t18-/m0/s1. The molecule has 6 heteroatoms. The van der Waals surface area contributed by atoms with E-state index < -0.39 is 10.0 Å². The molecule has 0 saturated heterocycles. The summed E-state index contributed by atoms with van der Waals surface area (Å²) in [5, 5.41) is 2.90. The molecular formula is C21H28N2O3S. The summed E-state index contributed by atoms with van der Waals surface area (Å²) in [5.74, 6) is -0.342. The van der Waals surface area contributed by atoms with E-state index in [9.17, 15) is 13.2 Å². The molecule has 0 heterocycles. The van der Waals surface area contributed by atoms with E-state index in [-0.39, 0.29) is 18.5 Å². The molecule has 0 fully saturated rings. The largest absolute Gasteiger partial charge is 0.348 e. The number of nitrogens with zero attached hydrogens (tertiary/aromatic N) is 1. The predicted octanol–water partition coefficient (Wildman–Crippen LogP) is 3.56. The molecule has 1 atom stereocenters. The minimum absolute atomic E-state index is 0.211. The maximum atomic E-state index is 12.6. The van der Waals surface area contributed by atoms with Crippen molar-refractivity contribution in [2.45, 2.75) is 40.7 Å². The van der Waals surface area contributed by atoms with Crippen molar-refractivity contribution >= 4 is 21.6 Å². The minimum Gasteiger partial charge on any atom is -0.348 e. The van der Waals surface area contributed by atoms with Gasteiger partial charge in [-0.25, -0.2) is 8.42 Å². The molecule has 146 valence electrons. The monoisotopic (exact) mass is 388 g/mol. The SMILES string of the molecule is Cc1cc(C)cc(N(CC(=O)N[C@@H](C)c2ccc(C)c(C)c2)S(C)(=O)=O)c1. The highest BCUT2D eigenvalue weighted by Gasteiger charge is 2.22. The molecule has 0 aliphatic rings. The molecule has 0 aliphatic heterocycles. The Bertz CT molecular complexity index is 932. The van der Waals surface area contributed by atoms with Crippen LogP contribution in [0.2, 0.25) is 0 Å². The summed E-state index contributed by atoms with van der Waals surface area (Å²) in [5.41, 5.74) is 5.73. The first kappa shape index (κ1) is 21.0. The van der Waals surface area contributed by atoms with Crippen LogP contribution in [-0.2, 0) is 14.8 Å². The molecule has 0 aliphatic carbocycles. The van der Waals surface area contributed by atoms with Crippen molar-refractivity contribution in [3.63, 3.8) is 0 Å². The number of aryl methyl sites for hydroxylation is 4. The number of benzene rings is 2. The highest BCUT2D eigenvalue weighted by molar-refractivity contribution is 7.92. The van der Waals surface area contributed by atoms with Gasteiger partial charge in [0.25, 0.3) is 0 Å². The van der Waals surface area contributed by atoms with Crippen LogP contribution >= 0.6 is 0 Å². The van der Waals surface area contributed by atoms with Crippen molar-refractivity contribution < 1.29 is 13.2 Å². The topological polar surface area (TPSA) is 66.5 Å². The van der Waals surface area contributed by atoms with Gasteiger partial charge in [-0.05, 0) is 74.6 Å². The Kier molecular flexibility index (Phi) is 6.31. The zero-order chi connectivity index (χ0) is 20.4. The third-order valence-corrected chi connectivity index (χ3v) is 5.73. The lowest BCUT2D eigenvalue weighted by molar-refractivity contribution is -0.120. The summed E-state index contributed by atoms with van der Waals surface area (Å²) in [7, 11) is -3.59. The number of nitrogens with one attached hydrogen (secondary N) is 1. The van der Waals surface area contributed by atoms with Crippen molar-refractivity contribution in [1.82, 2.24) is 5.32 Å². The van der Waals surface area contributed by atoms with Crippen molar-refractivity contribution in [3.05, 3.63) is 64.2 Å². The smallest absolute Gasteiger partial charge is 0.241 e. The number of carbonyl (C=O) groups excluding carboxylic acids is 1. The normalized spacial score (nSPS) is 12.5.